The van der Waals surface area contributed by atoms with Crippen LogP contribution in [0.1, 0.15) is 90.2 Å². The third-order valence-corrected chi connectivity index (χ3v) is 7.17. The van der Waals surface area contributed by atoms with Gasteiger partial charge in [-0.25, -0.2) is 9.97 Å². The van der Waals surface area contributed by atoms with Crippen molar-refractivity contribution in [2.75, 3.05) is 25.6 Å². The summed E-state index contributed by atoms with van der Waals surface area (Å²) in [6.07, 6.45) is 14.6. The molecule has 0 spiro atoms. The first-order valence-electron chi connectivity index (χ1n) is 14.0. The number of fused-ring (bicyclic) bond motifs is 1. The number of aliphatic hydroxyl groups is 1. The lowest BCUT2D eigenvalue weighted by molar-refractivity contribution is -0.110. The molecule has 0 amide bonds. The molecule has 3 heterocycles. The van der Waals surface area contributed by atoms with Crippen LogP contribution in [0.2, 0.25) is 0 Å². The molecule has 0 aliphatic carbocycles. The zero-order chi connectivity index (χ0) is 27.2. The van der Waals surface area contributed by atoms with Crippen molar-refractivity contribution in [2.45, 2.75) is 108 Å². The van der Waals surface area contributed by atoms with E-state index in [1.54, 1.807) is 17.7 Å². The normalized spacial score (nSPS) is 23.3. The second-order valence-electron chi connectivity index (χ2n) is 10.3. The number of nitrogens with two attached hydrogens (primary N) is 1. The number of anilines is 1. The molecule has 10 heteroatoms. The Kier molecular flexibility index (Phi) is 12.6. The predicted molar refractivity (Wildman–Crippen MR) is 145 cm³/mol. The van der Waals surface area contributed by atoms with E-state index < -0.39 is 24.0 Å². The molecule has 38 heavy (non-hydrogen) atoms. The first kappa shape index (κ1) is 30.1. The fraction of sp³-hybridized carbons (Fsp3) is 0.714. The van der Waals surface area contributed by atoms with Gasteiger partial charge in [0.25, 0.3) is 0 Å². The zero-order valence-electron chi connectivity index (χ0n) is 22.6. The summed E-state index contributed by atoms with van der Waals surface area (Å²) in [7, 11) is 0. The minimum atomic E-state index is -1.33. The van der Waals surface area contributed by atoms with E-state index in [2.05, 4.69) is 9.97 Å². The Morgan fingerprint density at radius 1 is 1.00 bits per heavy atom. The minimum Gasteiger partial charge on any atom is -0.383 e. The molecule has 1 fully saturated rings. The smallest absolute Gasteiger partial charge is 0.167 e. The second kappa shape index (κ2) is 15.9. The Balaban J connectivity index is 1.57. The molecule has 3 N–H and O–H groups in total. The van der Waals surface area contributed by atoms with Gasteiger partial charge in [-0.3, -0.25) is 0 Å². The molecule has 1 aliphatic heterocycles. The molecule has 2 aromatic heterocycles. The fourth-order valence-electron chi connectivity index (χ4n) is 5.05. The molecule has 2 aromatic rings. The van der Waals surface area contributed by atoms with E-state index in [0.717, 1.165) is 76.8 Å². The largest absolute Gasteiger partial charge is 0.383 e. The van der Waals surface area contributed by atoms with Crippen LogP contribution in [0, 0.1) is 0 Å². The van der Waals surface area contributed by atoms with E-state index in [0.29, 0.717) is 49.5 Å². The Bertz CT molecular complexity index is 981. The molecular formula is C28H44N4O6. The summed E-state index contributed by atoms with van der Waals surface area (Å²) in [6, 6.07) is 1.82. The maximum Gasteiger partial charge on any atom is 0.167 e. The number of hydrogen-bond acceptors (Lipinski definition) is 9. The number of unbranched alkanes of at least 4 members (excludes halogenated alkanes) is 10. The average Bonchev–Trinajstić information content (AvgIpc) is 3.43. The number of aromatic nitrogens is 3. The van der Waals surface area contributed by atoms with Crippen molar-refractivity contribution in [3.63, 3.8) is 0 Å². The maximum atomic E-state index is 11.7. The SMILES string of the molecule is C[C@@]1(O)[C@H](OCCCCCCCC=O)[C@@H](COCCCCCCCC=O)O[C@H]1n1ccc2c(N)ncnc21. The highest BCUT2D eigenvalue weighted by atomic mass is 16.6. The molecule has 0 unspecified atom stereocenters. The summed E-state index contributed by atoms with van der Waals surface area (Å²) < 4.78 is 20.4. The van der Waals surface area contributed by atoms with Crippen molar-refractivity contribution in [2.24, 2.45) is 0 Å². The Morgan fingerprint density at radius 2 is 1.63 bits per heavy atom. The van der Waals surface area contributed by atoms with Crippen LogP contribution in [0.3, 0.4) is 0 Å². The molecule has 0 aromatic carbocycles. The van der Waals surface area contributed by atoms with Crippen molar-refractivity contribution in [3.05, 3.63) is 18.6 Å². The van der Waals surface area contributed by atoms with E-state index in [-0.39, 0.29) is 0 Å². The lowest BCUT2D eigenvalue weighted by Crippen LogP contribution is -2.46. The zero-order valence-corrected chi connectivity index (χ0v) is 22.6. The van der Waals surface area contributed by atoms with Crippen molar-refractivity contribution in [1.82, 2.24) is 14.5 Å². The van der Waals surface area contributed by atoms with Gasteiger partial charge in [-0.15, -0.1) is 0 Å². The molecule has 4 atom stereocenters. The molecule has 0 bridgehead atoms. The number of carbonyl (C=O) groups is 2. The molecule has 1 saturated heterocycles. The van der Waals surface area contributed by atoms with E-state index >= 15 is 0 Å². The third kappa shape index (κ3) is 8.30. The van der Waals surface area contributed by atoms with Gasteiger partial charge in [0.15, 0.2) is 6.23 Å². The van der Waals surface area contributed by atoms with Gasteiger partial charge >= 0.3 is 0 Å². The van der Waals surface area contributed by atoms with E-state index in [4.69, 9.17) is 19.9 Å². The second-order valence-corrected chi connectivity index (χ2v) is 10.3. The van der Waals surface area contributed by atoms with Gasteiger partial charge in [-0.05, 0) is 38.7 Å². The number of rotatable bonds is 20. The van der Waals surface area contributed by atoms with Crippen molar-refractivity contribution in [1.29, 1.82) is 0 Å². The highest BCUT2D eigenvalue weighted by Gasteiger charge is 2.54. The maximum absolute atomic E-state index is 11.7. The van der Waals surface area contributed by atoms with Crippen molar-refractivity contribution >= 4 is 29.4 Å². The summed E-state index contributed by atoms with van der Waals surface area (Å²) in [5.41, 5.74) is 5.28. The molecule has 3 rings (SSSR count). The lowest BCUT2D eigenvalue weighted by atomic mass is 9.96. The highest BCUT2D eigenvalue weighted by Crippen LogP contribution is 2.42. The average molecular weight is 533 g/mol. The van der Waals surface area contributed by atoms with Crippen LogP contribution in [0.25, 0.3) is 11.0 Å². The number of ether oxygens (including phenoxy) is 3. The molecule has 212 valence electrons. The minimum absolute atomic E-state index is 0.310. The first-order valence-corrected chi connectivity index (χ1v) is 14.0. The Labute approximate surface area is 225 Å². The summed E-state index contributed by atoms with van der Waals surface area (Å²) >= 11 is 0. The molecule has 0 radical (unpaired) electrons. The Hall–Kier alpha value is -2.40. The van der Waals surface area contributed by atoms with Gasteiger partial charge < -0.3 is 39.2 Å². The predicted octanol–water partition coefficient (Wildman–Crippen LogP) is 4.14. The number of nitrogen functional groups attached to an aromatic ring is 1. The van der Waals surface area contributed by atoms with Crippen LogP contribution < -0.4 is 5.73 Å². The van der Waals surface area contributed by atoms with Gasteiger partial charge in [0.2, 0.25) is 0 Å². The van der Waals surface area contributed by atoms with E-state index in [9.17, 15) is 14.7 Å². The van der Waals surface area contributed by atoms with Gasteiger partial charge in [-0.2, -0.15) is 0 Å². The number of carbonyl (C=O) groups excluding carboxylic acids is 2. The van der Waals surface area contributed by atoms with Crippen molar-refractivity contribution in [3.8, 4) is 0 Å². The molecule has 0 saturated carbocycles. The van der Waals surface area contributed by atoms with Crippen LogP contribution >= 0.6 is 0 Å². The summed E-state index contributed by atoms with van der Waals surface area (Å²) in [5, 5.41) is 12.4. The standard InChI is InChI=1S/C28H44N4O6/c1-28(35)24(37-19-13-9-5-3-7-11-17-34)23(20-36-18-12-8-4-2-6-10-16-33)38-27(28)32-15-14-22-25(29)30-21-31-26(22)32/h14-17,21,23-24,27,35H,2-13,18-20H2,1H3,(H2,29,30,31)/t23-,24-,27-,28-/m1/s1. The van der Waals surface area contributed by atoms with Crippen LogP contribution in [-0.4, -0.2) is 69.8 Å². The monoisotopic (exact) mass is 532 g/mol. The lowest BCUT2D eigenvalue weighted by Gasteiger charge is -2.30. The van der Waals surface area contributed by atoms with E-state index in [1.165, 1.54) is 6.33 Å². The highest BCUT2D eigenvalue weighted by molar-refractivity contribution is 5.86. The van der Waals surface area contributed by atoms with Crippen LogP contribution in [-0.2, 0) is 23.8 Å². The summed E-state index contributed by atoms with van der Waals surface area (Å²) in [5.74, 6) is 0.373. The topological polar surface area (TPSA) is 139 Å². The molecule has 1 aliphatic rings. The van der Waals surface area contributed by atoms with Gasteiger partial charge in [0.05, 0.1) is 12.0 Å². The quantitative estimate of drug-likeness (QED) is 0.190. The third-order valence-electron chi connectivity index (χ3n) is 7.17. The number of nitrogens with zero attached hydrogens (tertiary/aromatic N) is 3. The van der Waals surface area contributed by atoms with Crippen molar-refractivity contribution < 1.29 is 28.9 Å². The number of aldehydes is 2. The van der Waals surface area contributed by atoms with Gasteiger partial charge in [0.1, 0.15) is 48.2 Å². The van der Waals surface area contributed by atoms with Crippen LogP contribution in [0.15, 0.2) is 18.6 Å². The molecular weight excluding hydrogens is 488 g/mol. The van der Waals surface area contributed by atoms with Gasteiger partial charge in [0, 0.05) is 32.3 Å². The first-order chi connectivity index (χ1) is 18.5. The van der Waals surface area contributed by atoms with Crippen LogP contribution in [0.4, 0.5) is 5.82 Å². The summed E-state index contributed by atoms with van der Waals surface area (Å²) in [6.45, 7) is 3.15. The molecule has 10 nitrogen and oxygen atoms in total. The van der Waals surface area contributed by atoms with Crippen LogP contribution in [0.5, 0.6) is 0 Å². The Morgan fingerprint density at radius 3 is 2.32 bits per heavy atom. The number of hydrogen-bond donors (Lipinski definition) is 2. The van der Waals surface area contributed by atoms with Gasteiger partial charge in [-0.1, -0.05) is 38.5 Å². The summed E-state index contributed by atoms with van der Waals surface area (Å²) in [4.78, 5) is 29.3. The van der Waals surface area contributed by atoms with E-state index in [1.807, 2.05) is 6.07 Å². The fourth-order valence-corrected chi connectivity index (χ4v) is 5.05.